The van der Waals surface area contributed by atoms with Gasteiger partial charge in [0, 0.05) is 5.69 Å². The molecule has 37 heavy (non-hydrogen) atoms. The average molecular weight is 512 g/mol. The van der Waals surface area contributed by atoms with Gasteiger partial charge in [0.2, 0.25) is 5.95 Å². The topological polar surface area (TPSA) is 70.2 Å². The molecule has 1 aliphatic rings. The molecular weight excluding hydrogens is 479 g/mol. The van der Waals surface area contributed by atoms with Crippen LogP contribution in [0.15, 0.2) is 54.6 Å². The van der Waals surface area contributed by atoms with Crippen LogP contribution in [0.5, 0.6) is 11.5 Å². The van der Waals surface area contributed by atoms with Crippen molar-refractivity contribution >= 4 is 22.7 Å². The van der Waals surface area contributed by atoms with Crippen LogP contribution in [0.25, 0.3) is 22.2 Å². The minimum atomic E-state index is -4.72. The Morgan fingerprint density at radius 3 is 2.14 bits per heavy atom. The van der Waals surface area contributed by atoms with Crippen molar-refractivity contribution in [2.45, 2.75) is 59.2 Å². The molecule has 3 N–H and O–H groups in total. The highest BCUT2D eigenvalue weighted by molar-refractivity contribution is 5.84. The maximum Gasteiger partial charge on any atom is 0.573 e. The summed E-state index contributed by atoms with van der Waals surface area (Å²) in [4.78, 5) is 7.62. The Morgan fingerprint density at radius 1 is 0.919 bits per heavy atom. The molecule has 1 fully saturated rings. The van der Waals surface area contributed by atoms with E-state index in [1.165, 1.54) is 56.4 Å². The molecule has 0 amide bonds. The highest BCUT2D eigenvalue weighted by atomic mass is 19.4. The van der Waals surface area contributed by atoms with Gasteiger partial charge in [0.15, 0.2) is 0 Å². The molecule has 0 saturated heterocycles. The summed E-state index contributed by atoms with van der Waals surface area (Å²) in [6, 6.07) is 15.0. The summed E-state index contributed by atoms with van der Waals surface area (Å²) in [6.45, 7) is 6.07. The molecular formula is C29H32F3N3O2. The van der Waals surface area contributed by atoms with Gasteiger partial charge >= 0.3 is 6.36 Å². The number of nitrogens with zero attached hydrogens (tertiary/aromatic N) is 1. The first-order chi connectivity index (χ1) is 17.6. The number of halogens is 3. The van der Waals surface area contributed by atoms with Crippen LogP contribution in [0.4, 0.5) is 24.8 Å². The Balaban J connectivity index is 0.000000396. The Morgan fingerprint density at radius 2 is 1.57 bits per heavy atom. The summed E-state index contributed by atoms with van der Waals surface area (Å²) in [5, 5.41) is 13.0. The summed E-state index contributed by atoms with van der Waals surface area (Å²) < 4.78 is 40.6. The number of aromatic hydroxyl groups is 1. The number of aryl methyl sites for hydroxylation is 2. The normalized spacial score (nSPS) is 14.2. The highest BCUT2D eigenvalue weighted by Crippen LogP contribution is 2.31. The summed E-state index contributed by atoms with van der Waals surface area (Å²) in [7, 11) is 0. The monoisotopic (exact) mass is 511 g/mol. The second kappa shape index (κ2) is 11.2. The van der Waals surface area contributed by atoms with Crippen molar-refractivity contribution in [2.75, 3.05) is 5.32 Å². The van der Waals surface area contributed by atoms with Crippen LogP contribution in [-0.4, -0.2) is 21.4 Å². The largest absolute Gasteiger partial charge is 0.573 e. The van der Waals surface area contributed by atoms with Gasteiger partial charge < -0.3 is 20.1 Å². The van der Waals surface area contributed by atoms with Gasteiger partial charge in [0.25, 0.3) is 0 Å². The predicted molar refractivity (Wildman–Crippen MR) is 141 cm³/mol. The van der Waals surface area contributed by atoms with E-state index >= 15 is 0 Å². The molecule has 5 rings (SSSR count). The third kappa shape index (κ3) is 7.18. The Kier molecular flexibility index (Phi) is 7.95. The van der Waals surface area contributed by atoms with Crippen LogP contribution >= 0.6 is 0 Å². The number of hydrogen-bond acceptors (Lipinski definition) is 4. The lowest BCUT2D eigenvalue weighted by Gasteiger charge is -2.15. The minimum absolute atomic E-state index is 0.290. The van der Waals surface area contributed by atoms with Crippen molar-refractivity contribution in [1.29, 1.82) is 0 Å². The Bertz CT molecular complexity index is 1320. The van der Waals surface area contributed by atoms with Crippen molar-refractivity contribution in [3.63, 3.8) is 0 Å². The Hall–Kier alpha value is -3.68. The van der Waals surface area contributed by atoms with Crippen LogP contribution in [0, 0.1) is 19.8 Å². The van der Waals surface area contributed by atoms with Crippen molar-refractivity contribution in [2.24, 2.45) is 5.92 Å². The number of alkyl halides is 3. The number of phenolic OH excluding ortho intramolecular Hbond substituents is 1. The number of aromatic amines is 1. The number of rotatable bonds is 4. The molecule has 1 heterocycles. The molecule has 1 saturated carbocycles. The molecule has 0 bridgehead atoms. The second-order valence-corrected chi connectivity index (χ2v) is 9.72. The van der Waals surface area contributed by atoms with Crippen molar-refractivity contribution in [3.8, 4) is 22.6 Å². The molecule has 4 aromatic rings. The van der Waals surface area contributed by atoms with Crippen molar-refractivity contribution in [3.05, 3.63) is 65.7 Å². The number of H-pyrrole nitrogens is 1. The molecule has 5 nitrogen and oxygen atoms in total. The molecule has 0 atom stereocenters. The van der Waals surface area contributed by atoms with E-state index in [0.29, 0.717) is 17.4 Å². The number of nitrogens with one attached hydrogen (secondary N) is 2. The van der Waals surface area contributed by atoms with E-state index in [1.54, 1.807) is 0 Å². The molecule has 3 aromatic carbocycles. The predicted octanol–water partition coefficient (Wildman–Crippen LogP) is 8.78. The average Bonchev–Trinajstić information content (AvgIpc) is 3.25. The first-order valence-electron chi connectivity index (χ1n) is 12.5. The number of ether oxygens (including phenoxy) is 1. The lowest BCUT2D eigenvalue weighted by Crippen LogP contribution is -2.16. The number of imidazole rings is 1. The fourth-order valence-electron chi connectivity index (χ4n) is 4.55. The van der Waals surface area contributed by atoms with Crippen LogP contribution in [0.2, 0.25) is 0 Å². The van der Waals surface area contributed by atoms with Crippen molar-refractivity contribution < 1.29 is 23.0 Å². The van der Waals surface area contributed by atoms with Gasteiger partial charge in [-0.15, -0.1) is 13.2 Å². The molecule has 1 aromatic heterocycles. The zero-order chi connectivity index (χ0) is 26.6. The van der Waals surface area contributed by atoms with Gasteiger partial charge in [-0.05, 0) is 90.6 Å². The smallest absolute Gasteiger partial charge is 0.507 e. The van der Waals surface area contributed by atoms with Gasteiger partial charge in [-0.2, -0.15) is 0 Å². The Labute approximate surface area is 214 Å². The highest BCUT2D eigenvalue weighted by Gasteiger charge is 2.30. The van der Waals surface area contributed by atoms with E-state index in [2.05, 4.69) is 26.9 Å². The maximum atomic E-state index is 12.3. The first kappa shape index (κ1) is 26.4. The SMILES string of the molecule is CC1CCCCC1.Cc1cc(-c2ccc3nc(Nc4ccc(OC(F)(F)F)cc4)[nH]c3c2)cc(C)c1O. The van der Waals surface area contributed by atoms with E-state index in [0.717, 1.165) is 39.2 Å². The van der Waals surface area contributed by atoms with Crippen molar-refractivity contribution in [1.82, 2.24) is 9.97 Å². The van der Waals surface area contributed by atoms with Crippen LogP contribution in [0.1, 0.15) is 50.2 Å². The first-order valence-corrected chi connectivity index (χ1v) is 12.5. The quantitative estimate of drug-likeness (QED) is 0.256. The summed E-state index contributed by atoms with van der Waals surface area (Å²) >= 11 is 0. The number of benzene rings is 3. The molecule has 196 valence electrons. The number of aromatic nitrogens is 2. The van der Waals surface area contributed by atoms with E-state index in [9.17, 15) is 18.3 Å². The summed E-state index contributed by atoms with van der Waals surface area (Å²) in [5.74, 6) is 1.50. The van der Waals surface area contributed by atoms with Crippen LogP contribution in [-0.2, 0) is 0 Å². The minimum Gasteiger partial charge on any atom is -0.507 e. The van der Waals surface area contributed by atoms with Gasteiger partial charge in [-0.1, -0.05) is 45.1 Å². The van der Waals surface area contributed by atoms with Gasteiger partial charge in [0.05, 0.1) is 11.0 Å². The molecule has 0 aliphatic heterocycles. The third-order valence-corrected chi connectivity index (χ3v) is 6.55. The molecule has 1 aliphatic carbocycles. The fourth-order valence-corrected chi connectivity index (χ4v) is 4.55. The lowest BCUT2D eigenvalue weighted by molar-refractivity contribution is -0.274. The molecule has 0 radical (unpaired) electrons. The van der Waals surface area contributed by atoms with Gasteiger partial charge in [0.1, 0.15) is 11.5 Å². The molecule has 0 spiro atoms. The maximum absolute atomic E-state index is 12.3. The summed E-state index contributed by atoms with van der Waals surface area (Å²) in [6.07, 6.45) is 2.71. The fraction of sp³-hybridized carbons (Fsp3) is 0.345. The lowest BCUT2D eigenvalue weighted by atomic mass is 9.91. The number of phenols is 1. The molecule has 8 heteroatoms. The third-order valence-electron chi connectivity index (χ3n) is 6.55. The summed E-state index contributed by atoms with van der Waals surface area (Å²) in [5.41, 5.74) is 5.66. The zero-order valence-electron chi connectivity index (χ0n) is 21.2. The van der Waals surface area contributed by atoms with Crippen LogP contribution in [0.3, 0.4) is 0 Å². The van der Waals surface area contributed by atoms with Gasteiger partial charge in [-0.3, -0.25) is 0 Å². The second-order valence-electron chi connectivity index (χ2n) is 9.72. The number of hydrogen-bond donors (Lipinski definition) is 3. The molecule has 0 unspecified atom stereocenters. The number of anilines is 2. The van der Waals surface area contributed by atoms with E-state index < -0.39 is 6.36 Å². The van der Waals surface area contributed by atoms with Gasteiger partial charge in [-0.25, -0.2) is 4.98 Å². The van der Waals surface area contributed by atoms with Crippen LogP contribution < -0.4 is 10.1 Å². The zero-order valence-corrected chi connectivity index (χ0v) is 21.2. The standard InChI is InChI=1S/C22H18F3N3O2.C7H14/c1-12-9-15(10-13(2)20(12)29)14-3-8-18-19(11-14)28-21(27-18)26-16-4-6-17(7-5-16)30-22(23,24)25;1-7-5-3-2-4-6-7/h3-11,29H,1-2H3,(H2,26,27,28);7H,2-6H2,1H3. The van der Waals surface area contributed by atoms with E-state index in [4.69, 9.17) is 0 Å². The van der Waals surface area contributed by atoms with E-state index in [1.807, 2.05) is 44.2 Å². The number of fused-ring (bicyclic) bond motifs is 1. The van der Waals surface area contributed by atoms with E-state index in [-0.39, 0.29) is 5.75 Å².